The lowest BCUT2D eigenvalue weighted by atomic mass is 10.0. The Bertz CT molecular complexity index is 1280. The lowest BCUT2D eigenvalue weighted by molar-refractivity contribution is -0.122. The molecule has 6 nitrogen and oxygen atoms in total. The van der Waals surface area contributed by atoms with Gasteiger partial charge in [0.05, 0.1) is 5.69 Å². The summed E-state index contributed by atoms with van der Waals surface area (Å²) in [6.45, 7) is 3.91. The molecule has 3 aromatic rings. The molecule has 1 aliphatic heterocycles. The van der Waals surface area contributed by atoms with E-state index in [0.717, 1.165) is 16.0 Å². The summed E-state index contributed by atoms with van der Waals surface area (Å²) in [5.41, 5.74) is 3.29. The molecule has 0 aliphatic carbocycles. The maximum atomic E-state index is 13.3. The molecule has 0 aromatic heterocycles. The van der Waals surface area contributed by atoms with Gasteiger partial charge < -0.3 is 4.74 Å². The van der Waals surface area contributed by atoms with E-state index in [1.165, 1.54) is 18.2 Å². The number of nitrogens with zero attached hydrogens (tertiary/aromatic N) is 1. The summed E-state index contributed by atoms with van der Waals surface area (Å²) in [5.74, 6) is -1.23. The second-order valence-electron chi connectivity index (χ2n) is 7.74. The molecular weight excluding hydrogens is 423 g/mol. The Hall–Kier alpha value is -4.26. The predicted octanol–water partition coefficient (Wildman–Crippen LogP) is 4.69. The summed E-state index contributed by atoms with van der Waals surface area (Å²) in [6.07, 6.45) is 1.43. The van der Waals surface area contributed by atoms with Gasteiger partial charge in [0.2, 0.25) is 0 Å². The molecule has 1 aliphatic rings. The van der Waals surface area contributed by atoms with Gasteiger partial charge in [0.1, 0.15) is 23.7 Å². The van der Waals surface area contributed by atoms with E-state index in [4.69, 9.17) is 4.74 Å². The predicted molar refractivity (Wildman–Crippen MR) is 122 cm³/mol. The van der Waals surface area contributed by atoms with E-state index in [0.29, 0.717) is 22.6 Å². The van der Waals surface area contributed by atoms with E-state index in [-0.39, 0.29) is 18.0 Å². The van der Waals surface area contributed by atoms with Crippen LogP contribution >= 0.6 is 0 Å². The number of carbonyl (C=O) groups is 3. The van der Waals surface area contributed by atoms with Crippen molar-refractivity contribution in [1.82, 2.24) is 5.32 Å². The third-order valence-electron chi connectivity index (χ3n) is 5.18. The van der Waals surface area contributed by atoms with Gasteiger partial charge in [-0.15, -0.1) is 0 Å². The first kappa shape index (κ1) is 22.0. The van der Waals surface area contributed by atoms with Crippen LogP contribution in [-0.2, 0) is 16.2 Å². The van der Waals surface area contributed by atoms with Crippen molar-refractivity contribution >= 4 is 29.6 Å². The lowest BCUT2D eigenvalue weighted by Gasteiger charge is -2.27. The highest BCUT2D eigenvalue weighted by atomic mass is 19.1. The normalized spacial score (nSPS) is 15.1. The summed E-state index contributed by atoms with van der Waals surface area (Å²) in [4.78, 5) is 38.8. The number of halogens is 1. The van der Waals surface area contributed by atoms with Crippen molar-refractivity contribution in [3.05, 3.63) is 100 Å². The zero-order valence-corrected chi connectivity index (χ0v) is 18.1. The van der Waals surface area contributed by atoms with Crippen molar-refractivity contribution in [2.45, 2.75) is 20.5 Å². The SMILES string of the molecule is Cc1ccc(N2C(=O)NC(=O)/C(=C\c3ccc(OCc4cccc(F)c4)cc3)C2=O)c(C)c1. The maximum absolute atomic E-state index is 13.3. The summed E-state index contributed by atoms with van der Waals surface area (Å²) >= 11 is 0. The first-order chi connectivity index (χ1) is 15.8. The van der Waals surface area contributed by atoms with Crippen LogP contribution in [0.4, 0.5) is 14.9 Å². The van der Waals surface area contributed by atoms with Crippen molar-refractivity contribution in [2.24, 2.45) is 0 Å². The van der Waals surface area contributed by atoms with Crippen LogP contribution in [0.1, 0.15) is 22.3 Å². The highest BCUT2D eigenvalue weighted by Gasteiger charge is 2.37. The first-order valence-corrected chi connectivity index (χ1v) is 10.3. The fourth-order valence-electron chi connectivity index (χ4n) is 3.55. The summed E-state index contributed by atoms with van der Waals surface area (Å²) in [7, 11) is 0. The number of ether oxygens (including phenoxy) is 1. The number of nitrogens with one attached hydrogen (secondary N) is 1. The molecule has 0 spiro atoms. The Kier molecular flexibility index (Phi) is 6.04. The van der Waals surface area contributed by atoms with Crippen molar-refractivity contribution in [2.75, 3.05) is 4.90 Å². The molecule has 1 heterocycles. The number of rotatable bonds is 5. The second-order valence-corrected chi connectivity index (χ2v) is 7.74. The molecule has 1 N–H and O–H groups in total. The average molecular weight is 444 g/mol. The Morgan fingerprint density at radius 1 is 0.970 bits per heavy atom. The number of imide groups is 2. The minimum Gasteiger partial charge on any atom is -0.489 e. The number of amides is 4. The van der Waals surface area contributed by atoms with Crippen LogP contribution in [0.15, 0.2) is 72.3 Å². The monoisotopic (exact) mass is 444 g/mol. The zero-order chi connectivity index (χ0) is 23.5. The van der Waals surface area contributed by atoms with Crippen molar-refractivity contribution in [3.8, 4) is 5.75 Å². The van der Waals surface area contributed by atoms with Gasteiger partial charge in [0, 0.05) is 0 Å². The first-order valence-electron chi connectivity index (χ1n) is 10.3. The molecular formula is C26H21FN2O4. The third-order valence-corrected chi connectivity index (χ3v) is 5.18. The Morgan fingerprint density at radius 2 is 1.73 bits per heavy atom. The minimum atomic E-state index is -0.782. The number of hydrogen-bond acceptors (Lipinski definition) is 4. The van der Waals surface area contributed by atoms with E-state index < -0.39 is 17.8 Å². The summed E-state index contributed by atoms with van der Waals surface area (Å²) in [6, 6.07) is 17.4. The fraction of sp³-hybridized carbons (Fsp3) is 0.115. The molecule has 33 heavy (non-hydrogen) atoms. The molecule has 0 unspecified atom stereocenters. The van der Waals surface area contributed by atoms with Gasteiger partial charge in [-0.05, 0) is 66.9 Å². The van der Waals surface area contributed by atoms with Crippen LogP contribution < -0.4 is 15.0 Å². The molecule has 7 heteroatoms. The molecule has 0 bridgehead atoms. The largest absolute Gasteiger partial charge is 0.489 e. The molecule has 4 amide bonds. The summed E-state index contributed by atoms with van der Waals surface area (Å²) < 4.78 is 18.9. The van der Waals surface area contributed by atoms with E-state index in [1.807, 2.05) is 13.0 Å². The van der Waals surface area contributed by atoms with E-state index >= 15 is 0 Å². The van der Waals surface area contributed by atoms with Crippen LogP contribution in [-0.4, -0.2) is 17.8 Å². The van der Waals surface area contributed by atoms with E-state index in [1.54, 1.807) is 55.5 Å². The molecule has 0 saturated carbocycles. The Morgan fingerprint density at radius 3 is 2.42 bits per heavy atom. The average Bonchev–Trinajstić information content (AvgIpc) is 2.77. The smallest absolute Gasteiger partial charge is 0.335 e. The number of hydrogen-bond donors (Lipinski definition) is 1. The number of benzene rings is 3. The molecule has 1 fully saturated rings. The Labute approximate surface area is 190 Å². The van der Waals surface area contributed by atoms with E-state index in [9.17, 15) is 18.8 Å². The van der Waals surface area contributed by atoms with Crippen LogP contribution in [0.2, 0.25) is 0 Å². The number of urea groups is 1. The number of anilines is 1. The quantitative estimate of drug-likeness (QED) is 0.458. The zero-order valence-electron chi connectivity index (χ0n) is 18.1. The molecule has 0 atom stereocenters. The highest BCUT2D eigenvalue weighted by molar-refractivity contribution is 6.39. The van der Waals surface area contributed by atoms with Gasteiger partial charge in [-0.25, -0.2) is 14.1 Å². The molecule has 4 rings (SSSR count). The molecule has 1 saturated heterocycles. The van der Waals surface area contributed by atoms with Gasteiger partial charge in [-0.2, -0.15) is 0 Å². The van der Waals surface area contributed by atoms with Crippen LogP contribution in [0, 0.1) is 19.7 Å². The topological polar surface area (TPSA) is 75.7 Å². The number of aryl methyl sites for hydroxylation is 2. The molecule has 166 valence electrons. The van der Waals surface area contributed by atoms with Crippen LogP contribution in [0.5, 0.6) is 5.75 Å². The van der Waals surface area contributed by atoms with Gasteiger partial charge in [-0.1, -0.05) is 42.0 Å². The standard InChI is InChI=1S/C26H21FN2O4/c1-16-6-11-23(17(2)12-16)29-25(31)22(24(30)28-26(29)32)14-18-7-9-21(10-8-18)33-15-19-4-3-5-20(27)13-19/h3-14H,15H2,1-2H3,(H,28,30,32)/b22-14+. The lowest BCUT2D eigenvalue weighted by Crippen LogP contribution is -2.54. The van der Waals surface area contributed by atoms with Gasteiger partial charge >= 0.3 is 6.03 Å². The second kappa shape index (κ2) is 9.08. The van der Waals surface area contributed by atoms with Gasteiger partial charge in [-0.3, -0.25) is 14.9 Å². The molecule has 0 radical (unpaired) electrons. The Balaban J connectivity index is 1.54. The molecule has 3 aromatic carbocycles. The van der Waals surface area contributed by atoms with Crippen LogP contribution in [0.3, 0.4) is 0 Å². The highest BCUT2D eigenvalue weighted by Crippen LogP contribution is 2.26. The van der Waals surface area contributed by atoms with E-state index in [2.05, 4.69) is 5.32 Å². The van der Waals surface area contributed by atoms with Crippen LogP contribution in [0.25, 0.3) is 6.08 Å². The minimum absolute atomic E-state index is 0.150. The van der Waals surface area contributed by atoms with Gasteiger partial charge in [0.25, 0.3) is 11.8 Å². The number of barbiturate groups is 1. The van der Waals surface area contributed by atoms with Gasteiger partial charge in [0.15, 0.2) is 0 Å². The van der Waals surface area contributed by atoms with Crippen molar-refractivity contribution in [1.29, 1.82) is 0 Å². The van der Waals surface area contributed by atoms with Crippen molar-refractivity contribution in [3.63, 3.8) is 0 Å². The third kappa shape index (κ3) is 4.82. The maximum Gasteiger partial charge on any atom is 0.335 e. The number of carbonyl (C=O) groups excluding carboxylic acids is 3. The van der Waals surface area contributed by atoms with Crippen molar-refractivity contribution < 1.29 is 23.5 Å². The fourth-order valence-corrected chi connectivity index (χ4v) is 3.55. The summed E-state index contributed by atoms with van der Waals surface area (Å²) in [5, 5.41) is 2.23.